The number of anilines is 1. The second kappa shape index (κ2) is 17.6. The van der Waals surface area contributed by atoms with Crippen LogP contribution in [0.25, 0.3) is 11.3 Å². The highest BCUT2D eigenvalue weighted by Gasteiger charge is 2.40. The van der Waals surface area contributed by atoms with Crippen molar-refractivity contribution in [1.82, 2.24) is 24.9 Å². The van der Waals surface area contributed by atoms with E-state index in [9.17, 15) is 24.3 Å². The van der Waals surface area contributed by atoms with Gasteiger partial charge in [0.25, 0.3) is 5.91 Å². The number of rotatable bonds is 9. The maximum atomic E-state index is 14.2. The van der Waals surface area contributed by atoms with Gasteiger partial charge in [-0.2, -0.15) is 10.4 Å². The standard InChI is InChI=1S/C40H38ClN7O7/c1-54-39(52)32-9-5-20-48(32)40(53)44-36(27-7-3-2-4-8-27)38(51)47-21-22-55-25-33(47)37(50)43-30-15-11-26(12-16-30)10-13-28-24-46(19-6-18-42)45-35(28)31-23-29(41)14-17-34(31)49/h2-4,7-8,11-12,14-17,23-24,32-33,36,49H,5-6,9,19-22,25H2,1H3,(H,43,50)(H,44,53)/t32?,33-,36+/m1/s1. The number of nitrogens with one attached hydrogen (secondary N) is 2. The minimum Gasteiger partial charge on any atom is -0.507 e. The maximum absolute atomic E-state index is 14.2. The van der Waals surface area contributed by atoms with Gasteiger partial charge in [0.2, 0.25) is 5.91 Å². The summed E-state index contributed by atoms with van der Waals surface area (Å²) in [5.41, 5.74) is 2.93. The van der Waals surface area contributed by atoms with Crippen molar-refractivity contribution in [3.63, 3.8) is 0 Å². The average molecular weight is 764 g/mol. The number of phenolic OH excluding ortho intramolecular Hbond substituents is 1. The Bertz CT molecular complexity index is 2160. The highest BCUT2D eigenvalue weighted by molar-refractivity contribution is 6.31. The summed E-state index contributed by atoms with van der Waals surface area (Å²) < 4.78 is 12.1. The molecule has 0 radical (unpaired) electrons. The van der Waals surface area contributed by atoms with Gasteiger partial charge in [0.15, 0.2) is 0 Å². The Morgan fingerprint density at radius 2 is 1.82 bits per heavy atom. The van der Waals surface area contributed by atoms with E-state index in [1.807, 2.05) is 0 Å². The molecule has 6 rings (SSSR count). The lowest BCUT2D eigenvalue weighted by molar-refractivity contribution is -0.148. The molecule has 15 heteroatoms. The Hall–Kier alpha value is -6.35. The third-order valence-corrected chi connectivity index (χ3v) is 9.51. The van der Waals surface area contributed by atoms with E-state index in [0.717, 1.165) is 0 Å². The normalized spacial score (nSPS) is 17.0. The summed E-state index contributed by atoms with van der Waals surface area (Å²) in [4.78, 5) is 56.6. The number of halogens is 1. The molecule has 0 aliphatic carbocycles. The lowest BCUT2D eigenvalue weighted by Gasteiger charge is -2.37. The van der Waals surface area contributed by atoms with Crippen LogP contribution in [0.3, 0.4) is 0 Å². The smallest absolute Gasteiger partial charge is 0.328 e. The number of aromatic hydroxyl groups is 1. The molecule has 1 unspecified atom stereocenters. The molecule has 2 saturated heterocycles. The van der Waals surface area contributed by atoms with Crippen molar-refractivity contribution in [2.45, 2.75) is 43.9 Å². The monoisotopic (exact) mass is 763 g/mol. The van der Waals surface area contributed by atoms with E-state index in [-0.39, 0.29) is 31.9 Å². The molecule has 4 aromatic rings. The van der Waals surface area contributed by atoms with E-state index in [0.29, 0.717) is 64.6 Å². The number of carbonyl (C=O) groups is 4. The molecule has 2 aliphatic rings. The summed E-state index contributed by atoms with van der Waals surface area (Å²) in [6.07, 6.45) is 3.01. The van der Waals surface area contributed by atoms with Gasteiger partial charge in [-0.15, -0.1) is 0 Å². The Kier molecular flexibility index (Phi) is 12.3. The van der Waals surface area contributed by atoms with Crippen molar-refractivity contribution in [1.29, 1.82) is 5.26 Å². The number of ether oxygens (including phenoxy) is 2. The van der Waals surface area contributed by atoms with Crippen LogP contribution in [-0.4, -0.2) is 94.0 Å². The fourth-order valence-corrected chi connectivity index (χ4v) is 6.64. The number of carbonyl (C=O) groups excluding carboxylic acids is 4. The quantitative estimate of drug-likeness (QED) is 0.164. The Morgan fingerprint density at radius 1 is 1.04 bits per heavy atom. The predicted octanol–water partition coefficient (Wildman–Crippen LogP) is 4.48. The molecule has 2 aliphatic heterocycles. The van der Waals surface area contributed by atoms with Gasteiger partial charge in [-0.3, -0.25) is 14.3 Å². The molecular formula is C40H38ClN7O7. The van der Waals surface area contributed by atoms with E-state index in [4.69, 9.17) is 26.3 Å². The zero-order valence-electron chi connectivity index (χ0n) is 29.9. The van der Waals surface area contributed by atoms with Crippen LogP contribution in [-0.2, 0) is 30.4 Å². The van der Waals surface area contributed by atoms with E-state index < -0.39 is 41.9 Å². The third-order valence-electron chi connectivity index (χ3n) is 9.27. The molecule has 282 valence electrons. The number of aromatic nitrogens is 2. The first-order chi connectivity index (χ1) is 26.7. The second-order valence-electron chi connectivity index (χ2n) is 12.8. The van der Waals surface area contributed by atoms with Gasteiger partial charge in [-0.1, -0.05) is 53.8 Å². The minimum absolute atomic E-state index is 0.0158. The molecule has 3 atom stereocenters. The molecule has 3 aromatic carbocycles. The van der Waals surface area contributed by atoms with Crippen molar-refractivity contribution < 1.29 is 33.8 Å². The van der Waals surface area contributed by atoms with Gasteiger partial charge in [0, 0.05) is 41.1 Å². The molecule has 0 saturated carbocycles. The van der Waals surface area contributed by atoms with Gasteiger partial charge >= 0.3 is 12.0 Å². The molecule has 3 N–H and O–H groups in total. The maximum Gasteiger partial charge on any atom is 0.328 e. The van der Waals surface area contributed by atoms with Crippen LogP contribution in [0.2, 0.25) is 5.02 Å². The fourth-order valence-electron chi connectivity index (χ4n) is 6.47. The topological polar surface area (TPSA) is 179 Å². The lowest BCUT2D eigenvalue weighted by atomic mass is 10.0. The molecule has 0 bridgehead atoms. The summed E-state index contributed by atoms with van der Waals surface area (Å²) >= 11 is 6.19. The first-order valence-corrected chi connectivity index (χ1v) is 18.0. The molecular weight excluding hydrogens is 726 g/mol. The number of urea groups is 1. The number of benzene rings is 3. The van der Waals surface area contributed by atoms with Crippen LogP contribution >= 0.6 is 11.6 Å². The molecule has 55 heavy (non-hydrogen) atoms. The highest BCUT2D eigenvalue weighted by atomic mass is 35.5. The average Bonchev–Trinajstić information content (AvgIpc) is 3.87. The van der Waals surface area contributed by atoms with Crippen molar-refractivity contribution in [2.24, 2.45) is 0 Å². The van der Waals surface area contributed by atoms with Crippen molar-refractivity contribution >= 4 is 41.1 Å². The van der Waals surface area contributed by atoms with Crippen LogP contribution in [0, 0.1) is 23.2 Å². The summed E-state index contributed by atoms with van der Waals surface area (Å²) in [5, 5.41) is 30.2. The third kappa shape index (κ3) is 9.07. The van der Waals surface area contributed by atoms with E-state index in [1.54, 1.807) is 77.6 Å². The van der Waals surface area contributed by atoms with Gasteiger partial charge in [0.05, 0.1) is 44.9 Å². The summed E-state index contributed by atoms with van der Waals surface area (Å²) in [5.74, 6) is 4.66. The van der Waals surface area contributed by atoms with E-state index in [1.165, 1.54) is 23.0 Å². The zero-order valence-corrected chi connectivity index (χ0v) is 30.7. The number of amides is 4. The van der Waals surface area contributed by atoms with E-state index >= 15 is 0 Å². The summed E-state index contributed by atoms with van der Waals surface area (Å²) in [6, 6.07) is 18.8. The number of nitriles is 1. The number of morpholine rings is 1. The zero-order chi connectivity index (χ0) is 38.9. The van der Waals surface area contributed by atoms with Crippen LogP contribution in [0.15, 0.2) is 79.0 Å². The Balaban J connectivity index is 1.17. The number of hydrogen-bond donors (Lipinski definition) is 3. The molecule has 2 fully saturated rings. The van der Waals surface area contributed by atoms with Crippen LogP contribution in [0.1, 0.15) is 42.0 Å². The van der Waals surface area contributed by atoms with Gasteiger partial charge in [0.1, 0.15) is 29.6 Å². The second-order valence-corrected chi connectivity index (χ2v) is 13.3. The molecule has 0 spiro atoms. The lowest BCUT2D eigenvalue weighted by Crippen LogP contribution is -2.58. The number of nitrogens with zero attached hydrogens (tertiary/aromatic N) is 5. The first-order valence-electron chi connectivity index (χ1n) is 17.6. The van der Waals surface area contributed by atoms with Crippen molar-refractivity contribution in [2.75, 3.05) is 38.7 Å². The van der Waals surface area contributed by atoms with Gasteiger partial charge in [-0.05, 0) is 60.9 Å². The van der Waals surface area contributed by atoms with Crippen molar-refractivity contribution in [3.8, 4) is 34.9 Å². The Morgan fingerprint density at radius 3 is 2.56 bits per heavy atom. The van der Waals surface area contributed by atoms with Crippen LogP contribution < -0.4 is 10.6 Å². The fraction of sp³-hybridized carbons (Fsp3) is 0.300. The molecule has 14 nitrogen and oxygen atoms in total. The Labute approximate surface area is 322 Å². The number of aryl methyl sites for hydroxylation is 1. The number of likely N-dealkylation sites (tertiary alicyclic amines) is 1. The van der Waals surface area contributed by atoms with Crippen LogP contribution in [0.4, 0.5) is 10.5 Å². The van der Waals surface area contributed by atoms with E-state index in [2.05, 4.69) is 33.6 Å². The predicted molar refractivity (Wildman–Crippen MR) is 201 cm³/mol. The van der Waals surface area contributed by atoms with Crippen molar-refractivity contribution in [3.05, 3.63) is 101 Å². The summed E-state index contributed by atoms with van der Waals surface area (Å²) in [6.45, 7) is 0.927. The number of esters is 1. The SMILES string of the molecule is COC(=O)C1CCCN1C(=O)N[C@H](C(=O)N1CCOC[C@@H]1C(=O)Nc1ccc(C#Cc2cn(CCC#N)nc2-c2cc(Cl)ccc2O)cc1)c1ccccc1. The largest absolute Gasteiger partial charge is 0.507 e. The molecule has 4 amide bonds. The highest BCUT2D eigenvalue weighted by Crippen LogP contribution is 2.33. The minimum atomic E-state index is -1.14. The van der Waals surface area contributed by atoms with Gasteiger partial charge in [-0.25, -0.2) is 9.59 Å². The molecule has 1 aromatic heterocycles. The molecule has 3 heterocycles. The number of hydrogen-bond acceptors (Lipinski definition) is 9. The van der Waals surface area contributed by atoms with Crippen LogP contribution in [0.5, 0.6) is 5.75 Å². The van der Waals surface area contributed by atoms with Gasteiger partial charge < -0.3 is 35.0 Å². The first kappa shape index (κ1) is 38.4. The number of methoxy groups -OCH3 is 1. The summed E-state index contributed by atoms with van der Waals surface area (Å²) in [7, 11) is 1.27. The number of phenols is 1.